The molecule has 1 saturated carbocycles. The molecule has 4 heterocycles. The van der Waals surface area contributed by atoms with Gasteiger partial charge in [0.05, 0.1) is 35.5 Å². The lowest BCUT2D eigenvalue weighted by atomic mass is 10.1. The van der Waals surface area contributed by atoms with Crippen LogP contribution in [0.4, 0.5) is 15.0 Å². The molecular weight excluding hydrogens is 513 g/mol. The second kappa shape index (κ2) is 9.54. The topological polar surface area (TPSA) is 123 Å². The molecule has 3 amide bonds. The fraction of sp³-hybridized carbons (Fsp3) is 0.357. The van der Waals surface area contributed by atoms with Gasteiger partial charge in [0.1, 0.15) is 23.7 Å². The summed E-state index contributed by atoms with van der Waals surface area (Å²) in [5.41, 5.74) is 2.97. The number of halogens is 1. The van der Waals surface area contributed by atoms with Gasteiger partial charge < -0.3 is 24.7 Å². The molecule has 4 aromatic rings. The summed E-state index contributed by atoms with van der Waals surface area (Å²) < 4.78 is 19.1. The van der Waals surface area contributed by atoms with Crippen molar-refractivity contribution in [3.8, 4) is 17.2 Å². The summed E-state index contributed by atoms with van der Waals surface area (Å²) in [6.45, 7) is 6.25. The van der Waals surface area contributed by atoms with Crippen molar-refractivity contribution in [3.05, 3.63) is 71.3 Å². The Balaban J connectivity index is 1.35. The van der Waals surface area contributed by atoms with E-state index in [0.717, 1.165) is 24.2 Å². The Hall–Kier alpha value is -4.61. The first-order valence-corrected chi connectivity index (χ1v) is 13.2. The number of imidazole rings is 1. The summed E-state index contributed by atoms with van der Waals surface area (Å²) in [6, 6.07) is 7.72. The molecule has 0 unspecified atom stereocenters. The molecule has 0 saturated heterocycles. The molecule has 0 radical (unpaired) electrons. The minimum atomic E-state index is -0.692. The second-order valence-corrected chi connectivity index (χ2v) is 11.3. The zero-order valence-electron chi connectivity index (χ0n) is 22.8. The van der Waals surface area contributed by atoms with Crippen molar-refractivity contribution in [2.45, 2.75) is 58.2 Å². The quantitative estimate of drug-likeness (QED) is 0.399. The Bertz CT molecular complexity index is 1630. The smallest absolute Gasteiger partial charge is 0.318 e. The molecule has 0 bridgehead atoms. The van der Waals surface area contributed by atoms with Crippen LogP contribution in [-0.4, -0.2) is 51.7 Å². The summed E-state index contributed by atoms with van der Waals surface area (Å²) in [5, 5.41) is 13.6. The average Bonchev–Trinajstić information content (AvgIpc) is 3.55. The Labute approximate surface area is 230 Å². The monoisotopic (exact) mass is 543 g/mol. The predicted molar refractivity (Wildman–Crippen MR) is 145 cm³/mol. The maximum Gasteiger partial charge on any atom is 0.318 e. The van der Waals surface area contributed by atoms with Crippen LogP contribution in [0.15, 0.2) is 43.0 Å². The minimum Gasteiger partial charge on any atom is -0.333 e. The van der Waals surface area contributed by atoms with Crippen molar-refractivity contribution in [1.29, 1.82) is 0 Å². The van der Waals surface area contributed by atoms with Crippen molar-refractivity contribution in [1.82, 2.24) is 39.5 Å². The number of nitrogens with zero attached hydrogens (tertiary/aromatic N) is 7. The molecular formula is C28H30FN9O2. The van der Waals surface area contributed by atoms with Gasteiger partial charge in [-0.25, -0.2) is 19.2 Å². The second-order valence-electron chi connectivity index (χ2n) is 11.3. The predicted octanol–water partition coefficient (Wildman–Crippen LogP) is 4.16. The molecule has 2 aliphatic rings. The number of hydrogen-bond acceptors (Lipinski definition) is 6. The lowest BCUT2D eigenvalue weighted by Gasteiger charge is -2.27. The van der Waals surface area contributed by atoms with Gasteiger partial charge in [-0.3, -0.25) is 4.79 Å². The van der Waals surface area contributed by atoms with E-state index in [1.165, 1.54) is 12.1 Å². The van der Waals surface area contributed by atoms with Gasteiger partial charge in [-0.15, -0.1) is 10.2 Å². The summed E-state index contributed by atoms with van der Waals surface area (Å²) in [7, 11) is 1.79. The molecule has 11 nitrogen and oxygen atoms in total. The number of benzene rings is 1. The molecule has 0 spiro atoms. The Morgan fingerprint density at radius 1 is 1.10 bits per heavy atom. The highest BCUT2D eigenvalue weighted by Gasteiger charge is 2.34. The molecule has 2 N–H and O–H groups in total. The van der Waals surface area contributed by atoms with Gasteiger partial charge in [-0.05, 0) is 63.4 Å². The first-order valence-electron chi connectivity index (χ1n) is 13.2. The number of aryl methyl sites for hydroxylation is 1. The van der Waals surface area contributed by atoms with E-state index in [-0.39, 0.29) is 24.0 Å². The van der Waals surface area contributed by atoms with Crippen molar-refractivity contribution < 1.29 is 14.0 Å². The Kier molecular flexibility index (Phi) is 6.12. The van der Waals surface area contributed by atoms with Crippen LogP contribution in [0.25, 0.3) is 17.2 Å². The van der Waals surface area contributed by atoms with Gasteiger partial charge in [0.15, 0.2) is 5.82 Å². The molecule has 1 aromatic carbocycles. The van der Waals surface area contributed by atoms with E-state index in [1.807, 2.05) is 25.3 Å². The first-order chi connectivity index (χ1) is 19.1. The average molecular weight is 544 g/mol. The molecule has 1 aliphatic heterocycles. The van der Waals surface area contributed by atoms with Crippen LogP contribution in [0.1, 0.15) is 66.8 Å². The number of anilines is 1. The van der Waals surface area contributed by atoms with Crippen LogP contribution >= 0.6 is 0 Å². The van der Waals surface area contributed by atoms with E-state index in [4.69, 9.17) is 0 Å². The lowest BCUT2D eigenvalue weighted by Crippen LogP contribution is -2.47. The number of fused-ring (bicyclic) bond motifs is 3. The van der Waals surface area contributed by atoms with E-state index < -0.39 is 17.3 Å². The van der Waals surface area contributed by atoms with Gasteiger partial charge >= 0.3 is 6.03 Å². The Morgan fingerprint density at radius 3 is 2.60 bits per heavy atom. The highest BCUT2D eigenvalue weighted by atomic mass is 19.1. The number of carbonyl (C=O) groups is 2. The molecule has 12 heteroatoms. The zero-order chi connectivity index (χ0) is 28.2. The lowest BCUT2D eigenvalue weighted by molar-refractivity contribution is 0.102. The highest BCUT2D eigenvalue weighted by Crippen LogP contribution is 2.42. The van der Waals surface area contributed by atoms with Crippen LogP contribution in [0, 0.1) is 5.82 Å². The number of nitrogens with one attached hydrogen (secondary N) is 2. The van der Waals surface area contributed by atoms with Gasteiger partial charge in [0, 0.05) is 25.0 Å². The number of rotatable bonds is 4. The Morgan fingerprint density at radius 2 is 1.90 bits per heavy atom. The number of urea groups is 1. The van der Waals surface area contributed by atoms with Crippen molar-refractivity contribution in [2.75, 3.05) is 5.32 Å². The van der Waals surface area contributed by atoms with Crippen LogP contribution in [0.5, 0.6) is 0 Å². The van der Waals surface area contributed by atoms with Crippen LogP contribution in [-0.2, 0) is 20.1 Å². The number of pyridine rings is 1. The van der Waals surface area contributed by atoms with Crippen molar-refractivity contribution >= 4 is 17.8 Å². The normalized spacial score (nSPS) is 14.8. The molecule has 1 aliphatic carbocycles. The maximum absolute atomic E-state index is 15.5. The van der Waals surface area contributed by atoms with Crippen molar-refractivity contribution in [2.24, 2.45) is 7.05 Å². The van der Waals surface area contributed by atoms with Crippen LogP contribution in [0.2, 0.25) is 0 Å². The number of aromatic nitrogens is 6. The highest BCUT2D eigenvalue weighted by molar-refractivity contribution is 6.04. The SMILES string of the molecule is Cn1cnnc1-c1cccc(NC(=O)c2cc3c(cc2F)CN(C(=O)NC(C)(C)C)Cc2c(C4CC4)ncn2-3)n1. The van der Waals surface area contributed by atoms with E-state index in [9.17, 15) is 9.59 Å². The third-order valence-corrected chi connectivity index (χ3v) is 6.94. The molecule has 6 rings (SSSR count). The van der Waals surface area contributed by atoms with E-state index in [2.05, 4.69) is 30.8 Å². The van der Waals surface area contributed by atoms with Gasteiger partial charge in [-0.2, -0.15) is 0 Å². The first kappa shape index (κ1) is 25.7. The van der Waals surface area contributed by atoms with Crippen LogP contribution in [0.3, 0.4) is 0 Å². The van der Waals surface area contributed by atoms with Gasteiger partial charge in [-0.1, -0.05) is 6.07 Å². The summed E-state index contributed by atoms with van der Waals surface area (Å²) >= 11 is 0. The molecule has 0 atom stereocenters. The fourth-order valence-corrected chi connectivity index (χ4v) is 4.89. The molecule has 1 fully saturated rings. The molecule has 3 aromatic heterocycles. The van der Waals surface area contributed by atoms with E-state index >= 15 is 4.39 Å². The van der Waals surface area contributed by atoms with E-state index in [0.29, 0.717) is 35.2 Å². The zero-order valence-corrected chi connectivity index (χ0v) is 22.8. The van der Waals surface area contributed by atoms with Gasteiger partial charge in [0.25, 0.3) is 5.91 Å². The standard InChI is InChI=1S/C28H30FN9O2/c1-28(2,3)34-27(40)37-12-17-10-19(29)18(11-21(17)38-14-30-24(16-8-9-16)22(38)13-37)26(39)33-23-7-5-6-20(32-23)25-35-31-15-36(25)4/h5-7,10-11,14-16H,8-9,12-13H2,1-4H3,(H,34,40)(H,32,33,39). The minimum absolute atomic E-state index is 0.134. The molecule has 40 heavy (non-hydrogen) atoms. The summed E-state index contributed by atoms with van der Waals surface area (Å²) in [5.74, 6) is -0.196. The third-order valence-electron chi connectivity index (χ3n) is 6.94. The van der Waals surface area contributed by atoms with Crippen molar-refractivity contribution in [3.63, 3.8) is 0 Å². The largest absolute Gasteiger partial charge is 0.333 e. The maximum atomic E-state index is 15.5. The number of carbonyl (C=O) groups excluding carboxylic acids is 2. The number of hydrogen-bond donors (Lipinski definition) is 2. The van der Waals surface area contributed by atoms with Crippen LogP contribution < -0.4 is 10.6 Å². The van der Waals surface area contributed by atoms with E-state index in [1.54, 1.807) is 47.4 Å². The molecule has 206 valence electrons. The van der Waals surface area contributed by atoms with Gasteiger partial charge in [0.2, 0.25) is 0 Å². The fourth-order valence-electron chi connectivity index (χ4n) is 4.89. The summed E-state index contributed by atoms with van der Waals surface area (Å²) in [4.78, 5) is 37.3. The third kappa shape index (κ3) is 4.92. The summed E-state index contributed by atoms with van der Waals surface area (Å²) in [6.07, 6.45) is 5.35. The number of amides is 3.